The molecule has 1 aromatic rings. The van der Waals surface area contributed by atoms with Gasteiger partial charge in [0.05, 0.1) is 13.2 Å². The largest absolute Gasteiger partial charge is 0.472 e. The Labute approximate surface area is 124 Å². The molecule has 0 unspecified atom stereocenters. The highest BCUT2D eigenvalue weighted by molar-refractivity contribution is 5.91. The summed E-state index contributed by atoms with van der Waals surface area (Å²) in [6.07, 6.45) is 9.54. The Morgan fingerprint density at radius 1 is 1.48 bits per heavy atom. The average Bonchev–Trinajstić information content (AvgIpc) is 3.12. The average molecular weight is 288 g/mol. The van der Waals surface area contributed by atoms with E-state index in [4.69, 9.17) is 9.47 Å². The predicted molar refractivity (Wildman–Crippen MR) is 79.2 cm³/mol. The number of carbonyl (C=O) groups is 1. The zero-order valence-electron chi connectivity index (χ0n) is 12.0. The van der Waals surface area contributed by atoms with Gasteiger partial charge in [0.15, 0.2) is 0 Å². The van der Waals surface area contributed by atoms with Crippen molar-refractivity contribution in [2.24, 2.45) is 5.92 Å². The molecule has 112 valence electrons. The van der Waals surface area contributed by atoms with Crippen molar-refractivity contribution in [3.05, 3.63) is 30.5 Å². The predicted octanol–water partition coefficient (Wildman–Crippen LogP) is 2.54. The molecule has 2 aliphatic rings. The molecule has 1 amide bonds. The highest BCUT2D eigenvalue weighted by Gasteiger charge is 2.18. The number of hydrogen-bond donors (Lipinski definition) is 1. The minimum absolute atomic E-state index is 0.0351. The van der Waals surface area contributed by atoms with Gasteiger partial charge in [-0.2, -0.15) is 0 Å². The normalized spacial score (nSPS) is 24.2. The van der Waals surface area contributed by atoms with E-state index >= 15 is 0 Å². The van der Waals surface area contributed by atoms with Crippen LogP contribution < -0.4 is 10.1 Å². The Kier molecular flexibility index (Phi) is 4.50. The van der Waals surface area contributed by atoms with Gasteiger partial charge >= 0.3 is 0 Å². The zero-order valence-corrected chi connectivity index (χ0v) is 12.0. The van der Waals surface area contributed by atoms with Gasteiger partial charge in [0.1, 0.15) is 6.10 Å². The first kappa shape index (κ1) is 14.1. The van der Waals surface area contributed by atoms with Gasteiger partial charge in [-0.3, -0.25) is 4.79 Å². The van der Waals surface area contributed by atoms with Crippen molar-refractivity contribution in [1.82, 2.24) is 4.98 Å². The second kappa shape index (κ2) is 6.72. The molecule has 0 aromatic carbocycles. The van der Waals surface area contributed by atoms with E-state index in [0.717, 1.165) is 31.6 Å². The highest BCUT2D eigenvalue weighted by atomic mass is 16.5. The summed E-state index contributed by atoms with van der Waals surface area (Å²) in [5.41, 5.74) is 0.728. The number of hydrogen-bond acceptors (Lipinski definition) is 4. The van der Waals surface area contributed by atoms with Crippen LogP contribution in [0.25, 0.3) is 0 Å². The van der Waals surface area contributed by atoms with Crippen molar-refractivity contribution in [3.63, 3.8) is 0 Å². The first-order chi connectivity index (χ1) is 10.3. The molecule has 5 nitrogen and oxygen atoms in total. The zero-order chi connectivity index (χ0) is 14.5. The topological polar surface area (TPSA) is 60.5 Å². The van der Waals surface area contributed by atoms with Gasteiger partial charge in [0.2, 0.25) is 11.8 Å². The number of aromatic nitrogens is 1. The summed E-state index contributed by atoms with van der Waals surface area (Å²) in [7, 11) is 0. The van der Waals surface area contributed by atoms with Gasteiger partial charge in [-0.1, -0.05) is 12.2 Å². The van der Waals surface area contributed by atoms with Gasteiger partial charge in [0, 0.05) is 30.8 Å². The maximum Gasteiger partial charge on any atom is 0.224 e. The molecule has 1 fully saturated rings. The molecule has 1 aliphatic heterocycles. The molecule has 1 aromatic heterocycles. The summed E-state index contributed by atoms with van der Waals surface area (Å²) >= 11 is 0. The number of nitrogens with one attached hydrogen (secondary N) is 1. The monoisotopic (exact) mass is 288 g/mol. The van der Waals surface area contributed by atoms with Crippen LogP contribution in [0.15, 0.2) is 30.5 Å². The molecule has 1 saturated heterocycles. The molecule has 21 heavy (non-hydrogen) atoms. The molecule has 0 radical (unpaired) electrons. The van der Waals surface area contributed by atoms with Crippen LogP contribution >= 0.6 is 0 Å². The summed E-state index contributed by atoms with van der Waals surface area (Å²) < 4.78 is 11.0. The molecule has 2 atom stereocenters. The van der Waals surface area contributed by atoms with Gasteiger partial charge in [-0.15, -0.1) is 0 Å². The third-order valence-corrected chi connectivity index (χ3v) is 3.75. The molecule has 1 aliphatic carbocycles. The lowest BCUT2D eigenvalue weighted by atomic mass is 10.1. The molecular weight excluding hydrogens is 268 g/mol. The SMILES string of the molecule is O=C(C[C@H]1C=CCC1)Nc1ccnc(O[C@H]2CCOC2)c1. The number of nitrogens with zero attached hydrogens (tertiary/aromatic N) is 1. The molecule has 0 bridgehead atoms. The van der Waals surface area contributed by atoms with Crippen molar-refractivity contribution in [2.75, 3.05) is 18.5 Å². The number of ether oxygens (including phenoxy) is 2. The number of anilines is 1. The van der Waals surface area contributed by atoms with E-state index in [9.17, 15) is 4.79 Å². The fraction of sp³-hybridized carbons (Fsp3) is 0.500. The van der Waals surface area contributed by atoms with Crippen molar-refractivity contribution < 1.29 is 14.3 Å². The summed E-state index contributed by atoms with van der Waals surface area (Å²) in [6.45, 7) is 1.34. The van der Waals surface area contributed by atoms with Crippen molar-refractivity contribution in [1.29, 1.82) is 0 Å². The van der Waals surface area contributed by atoms with Crippen molar-refractivity contribution in [2.45, 2.75) is 31.8 Å². The second-order valence-corrected chi connectivity index (χ2v) is 5.50. The van der Waals surface area contributed by atoms with E-state index in [1.807, 2.05) is 0 Å². The quantitative estimate of drug-likeness (QED) is 0.846. The fourth-order valence-electron chi connectivity index (χ4n) is 2.64. The number of amides is 1. The number of carbonyl (C=O) groups excluding carboxylic acids is 1. The Bertz CT molecular complexity index is 524. The van der Waals surface area contributed by atoms with Crippen LogP contribution in [0.3, 0.4) is 0 Å². The van der Waals surface area contributed by atoms with Gasteiger partial charge in [0.25, 0.3) is 0 Å². The second-order valence-electron chi connectivity index (χ2n) is 5.50. The molecule has 0 saturated carbocycles. The van der Waals surface area contributed by atoms with E-state index in [0.29, 0.717) is 24.8 Å². The van der Waals surface area contributed by atoms with Gasteiger partial charge < -0.3 is 14.8 Å². The highest BCUT2D eigenvalue weighted by Crippen LogP contribution is 2.22. The van der Waals surface area contributed by atoms with Gasteiger partial charge in [-0.25, -0.2) is 4.98 Å². The number of pyridine rings is 1. The van der Waals surface area contributed by atoms with Crippen molar-refractivity contribution in [3.8, 4) is 5.88 Å². The Balaban J connectivity index is 1.54. The Hall–Kier alpha value is -1.88. The van der Waals surface area contributed by atoms with Crippen LogP contribution in [0.2, 0.25) is 0 Å². The Morgan fingerprint density at radius 3 is 3.19 bits per heavy atom. The molecule has 3 rings (SSSR count). The number of allylic oxidation sites excluding steroid dienone is 2. The third-order valence-electron chi connectivity index (χ3n) is 3.75. The molecular formula is C16H20N2O3. The van der Waals surface area contributed by atoms with Crippen LogP contribution in [-0.4, -0.2) is 30.2 Å². The first-order valence-electron chi connectivity index (χ1n) is 7.46. The van der Waals surface area contributed by atoms with E-state index in [2.05, 4.69) is 22.5 Å². The number of rotatable bonds is 5. The molecule has 1 N–H and O–H groups in total. The standard InChI is InChI=1S/C16H20N2O3/c19-15(9-12-3-1-2-4-12)18-13-5-7-17-16(10-13)21-14-6-8-20-11-14/h1,3,5,7,10,12,14H,2,4,6,8-9,11H2,(H,17,18,19)/t12-,14-/m0/s1. The van der Waals surface area contributed by atoms with E-state index in [1.54, 1.807) is 18.3 Å². The van der Waals surface area contributed by atoms with Crippen LogP contribution in [0.1, 0.15) is 25.7 Å². The fourth-order valence-corrected chi connectivity index (χ4v) is 2.64. The maximum absolute atomic E-state index is 12.0. The summed E-state index contributed by atoms with van der Waals surface area (Å²) in [5.74, 6) is 0.940. The lowest BCUT2D eigenvalue weighted by molar-refractivity contribution is -0.116. The summed E-state index contributed by atoms with van der Waals surface area (Å²) in [5, 5.41) is 2.91. The first-order valence-corrected chi connectivity index (χ1v) is 7.46. The van der Waals surface area contributed by atoms with Gasteiger partial charge in [-0.05, 0) is 24.8 Å². The third kappa shape index (κ3) is 4.04. The molecule has 5 heteroatoms. The summed E-state index contributed by atoms with van der Waals surface area (Å²) in [6, 6.07) is 3.54. The van der Waals surface area contributed by atoms with E-state index in [1.165, 1.54) is 0 Å². The maximum atomic E-state index is 12.0. The summed E-state index contributed by atoms with van der Waals surface area (Å²) in [4.78, 5) is 16.2. The van der Waals surface area contributed by atoms with E-state index in [-0.39, 0.29) is 12.0 Å². The molecule has 2 heterocycles. The van der Waals surface area contributed by atoms with Crippen LogP contribution in [0.4, 0.5) is 5.69 Å². The minimum atomic E-state index is 0.0351. The minimum Gasteiger partial charge on any atom is -0.472 e. The lowest BCUT2D eigenvalue weighted by Crippen LogP contribution is -2.17. The Morgan fingerprint density at radius 2 is 2.43 bits per heavy atom. The van der Waals surface area contributed by atoms with E-state index < -0.39 is 0 Å². The molecule has 0 spiro atoms. The van der Waals surface area contributed by atoms with Crippen LogP contribution in [-0.2, 0) is 9.53 Å². The smallest absolute Gasteiger partial charge is 0.224 e. The lowest BCUT2D eigenvalue weighted by Gasteiger charge is -2.12. The van der Waals surface area contributed by atoms with Crippen LogP contribution in [0, 0.1) is 5.92 Å². The van der Waals surface area contributed by atoms with Crippen molar-refractivity contribution >= 4 is 11.6 Å². The van der Waals surface area contributed by atoms with Crippen LogP contribution in [0.5, 0.6) is 5.88 Å².